The van der Waals surface area contributed by atoms with Crippen molar-refractivity contribution in [3.8, 4) is 5.75 Å². The van der Waals surface area contributed by atoms with Crippen molar-refractivity contribution in [2.75, 3.05) is 14.1 Å². The van der Waals surface area contributed by atoms with E-state index in [-0.39, 0.29) is 11.3 Å². The Kier molecular flexibility index (Phi) is 5.09. The third kappa shape index (κ3) is 4.59. The number of benzene rings is 2. The predicted octanol–water partition coefficient (Wildman–Crippen LogP) is 4.26. The first-order valence-electron chi connectivity index (χ1n) is 7.81. The van der Waals surface area contributed by atoms with E-state index in [1.54, 1.807) is 19.0 Å². The lowest BCUT2D eigenvalue weighted by atomic mass is 9.87. The van der Waals surface area contributed by atoms with E-state index >= 15 is 0 Å². The third-order valence-electron chi connectivity index (χ3n) is 3.71. The van der Waals surface area contributed by atoms with Gasteiger partial charge < -0.3 is 9.64 Å². The molecule has 23 heavy (non-hydrogen) atoms. The van der Waals surface area contributed by atoms with Gasteiger partial charge in [-0.3, -0.25) is 4.79 Å². The van der Waals surface area contributed by atoms with Gasteiger partial charge in [-0.25, -0.2) is 0 Å². The summed E-state index contributed by atoms with van der Waals surface area (Å²) in [5, 5.41) is 0. The quantitative estimate of drug-likeness (QED) is 0.844. The summed E-state index contributed by atoms with van der Waals surface area (Å²) in [6, 6.07) is 15.8. The molecule has 122 valence electrons. The average molecular weight is 311 g/mol. The van der Waals surface area contributed by atoms with E-state index in [0.717, 1.165) is 11.3 Å². The maximum Gasteiger partial charge on any atom is 0.253 e. The molecule has 3 nitrogen and oxygen atoms in total. The Bertz CT molecular complexity index is 667. The van der Waals surface area contributed by atoms with Crippen LogP contribution in [0.4, 0.5) is 0 Å². The molecule has 0 unspecified atom stereocenters. The molecule has 0 fully saturated rings. The molecule has 0 aliphatic rings. The van der Waals surface area contributed by atoms with Crippen LogP contribution in [0.3, 0.4) is 0 Å². The first kappa shape index (κ1) is 17.1. The SMILES string of the molecule is CN(C)C(=O)c1ccc(COc2cccc(C(C)(C)C)c2)cc1. The molecule has 0 bridgehead atoms. The van der Waals surface area contributed by atoms with Crippen molar-refractivity contribution in [2.24, 2.45) is 0 Å². The number of hydrogen-bond acceptors (Lipinski definition) is 2. The lowest BCUT2D eigenvalue weighted by Gasteiger charge is -2.19. The van der Waals surface area contributed by atoms with Gasteiger partial charge in [0.25, 0.3) is 5.91 Å². The minimum absolute atomic E-state index is 0.00958. The Morgan fingerprint density at radius 2 is 1.70 bits per heavy atom. The fourth-order valence-corrected chi connectivity index (χ4v) is 2.22. The van der Waals surface area contributed by atoms with E-state index in [1.165, 1.54) is 5.56 Å². The van der Waals surface area contributed by atoms with Gasteiger partial charge in [0.2, 0.25) is 0 Å². The van der Waals surface area contributed by atoms with Crippen molar-refractivity contribution in [2.45, 2.75) is 32.8 Å². The highest BCUT2D eigenvalue weighted by Gasteiger charge is 2.14. The van der Waals surface area contributed by atoms with Crippen molar-refractivity contribution in [1.29, 1.82) is 0 Å². The zero-order valence-corrected chi connectivity index (χ0v) is 14.6. The summed E-state index contributed by atoms with van der Waals surface area (Å²) in [5.41, 5.74) is 3.09. The lowest BCUT2D eigenvalue weighted by Crippen LogP contribution is -2.21. The second-order valence-corrected chi connectivity index (χ2v) is 6.96. The highest BCUT2D eigenvalue weighted by atomic mass is 16.5. The van der Waals surface area contributed by atoms with Gasteiger partial charge in [-0.1, -0.05) is 45.0 Å². The number of hydrogen-bond donors (Lipinski definition) is 0. The van der Waals surface area contributed by atoms with E-state index in [1.807, 2.05) is 36.4 Å². The summed E-state index contributed by atoms with van der Waals surface area (Å²) < 4.78 is 5.88. The first-order chi connectivity index (χ1) is 10.8. The summed E-state index contributed by atoms with van der Waals surface area (Å²) in [7, 11) is 3.50. The van der Waals surface area contributed by atoms with Crippen LogP contribution in [0.5, 0.6) is 5.75 Å². The molecule has 0 N–H and O–H groups in total. The monoisotopic (exact) mass is 311 g/mol. The predicted molar refractivity (Wildman–Crippen MR) is 93.9 cm³/mol. The van der Waals surface area contributed by atoms with Crippen molar-refractivity contribution in [3.63, 3.8) is 0 Å². The number of ether oxygens (including phenoxy) is 1. The molecule has 0 spiro atoms. The third-order valence-corrected chi connectivity index (χ3v) is 3.71. The fraction of sp³-hybridized carbons (Fsp3) is 0.350. The molecule has 1 amide bonds. The maximum absolute atomic E-state index is 11.9. The molecule has 2 rings (SSSR count). The van der Waals surface area contributed by atoms with Crippen molar-refractivity contribution in [1.82, 2.24) is 4.90 Å². The Morgan fingerprint density at radius 1 is 1.04 bits per heavy atom. The standard InChI is InChI=1S/C20H25NO2/c1-20(2,3)17-7-6-8-18(13-17)23-14-15-9-11-16(12-10-15)19(22)21(4)5/h6-13H,14H2,1-5H3. The average Bonchev–Trinajstić information content (AvgIpc) is 2.52. The van der Waals surface area contributed by atoms with Crippen LogP contribution in [0.15, 0.2) is 48.5 Å². The van der Waals surface area contributed by atoms with Gasteiger partial charge in [-0.2, -0.15) is 0 Å². The minimum atomic E-state index is 0.00958. The molecular formula is C20H25NO2. The topological polar surface area (TPSA) is 29.5 Å². The highest BCUT2D eigenvalue weighted by molar-refractivity contribution is 5.93. The lowest BCUT2D eigenvalue weighted by molar-refractivity contribution is 0.0827. The molecule has 0 aliphatic heterocycles. The van der Waals surface area contributed by atoms with Crippen LogP contribution in [0, 0.1) is 0 Å². The van der Waals surface area contributed by atoms with Crippen molar-refractivity contribution >= 4 is 5.91 Å². The van der Waals surface area contributed by atoms with Crippen LogP contribution in [0.1, 0.15) is 42.3 Å². The van der Waals surface area contributed by atoms with E-state index in [4.69, 9.17) is 4.74 Å². The van der Waals surface area contributed by atoms with E-state index < -0.39 is 0 Å². The van der Waals surface area contributed by atoms with Crippen LogP contribution in [0.25, 0.3) is 0 Å². The Hall–Kier alpha value is -2.29. The zero-order valence-electron chi connectivity index (χ0n) is 14.6. The largest absolute Gasteiger partial charge is 0.489 e. The normalized spacial score (nSPS) is 11.2. The number of amides is 1. The molecule has 0 aliphatic carbocycles. The smallest absolute Gasteiger partial charge is 0.253 e. The molecular weight excluding hydrogens is 286 g/mol. The molecule has 0 radical (unpaired) electrons. The van der Waals surface area contributed by atoms with Gasteiger partial charge in [0.05, 0.1) is 0 Å². The van der Waals surface area contributed by atoms with Crippen LogP contribution < -0.4 is 4.74 Å². The number of carbonyl (C=O) groups excluding carboxylic acids is 1. The van der Waals surface area contributed by atoms with Gasteiger partial charge >= 0.3 is 0 Å². The second kappa shape index (κ2) is 6.86. The van der Waals surface area contributed by atoms with E-state index in [2.05, 4.69) is 32.9 Å². The number of nitrogens with zero attached hydrogens (tertiary/aromatic N) is 1. The van der Waals surface area contributed by atoms with Crippen molar-refractivity contribution < 1.29 is 9.53 Å². The molecule has 2 aromatic rings. The van der Waals surface area contributed by atoms with Gasteiger partial charge in [0, 0.05) is 19.7 Å². The summed E-state index contributed by atoms with van der Waals surface area (Å²) in [5.74, 6) is 0.876. The van der Waals surface area contributed by atoms with Gasteiger partial charge in [-0.05, 0) is 40.8 Å². The molecule has 0 atom stereocenters. The Balaban J connectivity index is 2.03. The second-order valence-electron chi connectivity index (χ2n) is 6.96. The molecule has 0 aromatic heterocycles. The van der Waals surface area contributed by atoms with Crippen LogP contribution in [-0.2, 0) is 12.0 Å². The number of carbonyl (C=O) groups is 1. The van der Waals surface area contributed by atoms with Gasteiger partial charge in [0.15, 0.2) is 0 Å². The Labute approximate surface area is 138 Å². The molecule has 0 heterocycles. The summed E-state index contributed by atoms with van der Waals surface area (Å²) >= 11 is 0. The van der Waals surface area contributed by atoms with E-state index in [9.17, 15) is 4.79 Å². The molecule has 0 saturated carbocycles. The summed E-state index contributed by atoms with van der Waals surface area (Å²) in [6.45, 7) is 7.05. The molecule has 2 aromatic carbocycles. The first-order valence-corrected chi connectivity index (χ1v) is 7.81. The maximum atomic E-state index is 11.9. The molecule has 0 saturated heterocycles. The summed E-state index contributed by atoms with van der Waals surface area (Å²) in [4.78, 5) is 13.4. The summed E-state index contributed by atoms with van der Waals surface area (Å²) in [6.07, 6.45) is 0. The van der Waals surface area contributed by atoms with Gasteiger partial charge in [0.1, 0.15) is 12.4 Å². The zero-order chi connectivity index (χ0) is 17.0. The van der Waals surface area contributed by atoms with Crippen LogP contribution >= 0.6 is 0 Å². The van der Waals surface area contributed by atoms with Crippen LogP contribution in [-0.4, -0.2) is 24.9 Å². The Morgan fingerprint density at radius 3 is 2.26 bits per heavy atom. The molecule has 3 heteroatoms. The highest BCUT2D eigenvalue weighted by Crippen LogP contribution is 2.26. The van der Waals surface area contributed by atoms with E-state index in [0.29, 0.717) is 12.2 Å². The van der Waals surface area contributed by atoms with Crippen LogP contribution in [0.2, 0.25) is 0 Å². The van der Waals surface area contributed by atoms with Crippen molar-refractivity contribution in [3.05, 3.63) is 65.2 Å². The fourth-order valence-electron chi connectivity index (χ4n) is 2.22. The minimum Gasteiger partial charge on any atom is -0.489 e. The number of rotatable bonds is 4. The van der Waals surface area contributed by atoms with Gasteiger partial charge in [-0.15, -0.1) is 0 Å².